The Morgan fingerprint density at radius 3 is 0.900 bits per heavy atom. The second-order valence-electron chi connectivity index (χ2n) is 26.1. The molecular formula is C67H77N3. The van der Waals surface area contributed by atoms with E-state index in [9.17, 15) is 0 Å². The lowest BCUT2D eigenvalue weighted by Crippen LogP contribution is -2.16. The molecule has 0 fully saturated rings. The maximum atomic E-state index is 5.52. The summed E-state index contributed by atoms with van der Waals surface area (Å²) >= 11 is 0. The van der Waals surface area contributed by atoms with Crippen molar-refractivity contribution in [3.63, 3.8) is 0 Å². The fourth-order valence-electron chi connectivity index (χ4n) is 9.07. The van der Waals surface area contributed by atoms with Gasteiger partial charge in [0.15, 0.2) is 17.5 Å². The van der Waals surface area contributed by atoms with E-state index in [0.717, 1.165) is 33.4 Å². The van der Waals surface area contributed by atoms with Gasteiger partial charge in [0.05, 0.1) is 0 Å². The predicted octanol–water partition coefficient (Wildman–Crippen LogP) is 18.8. The summed E-state index contributed by atoms with van der Waals surface area (Å²) in [5.74, 6) is 1.95. The van der Waals surface area contributed by atoms with Gasteiger partial charge in [0.1, 0.15) is 0 Å². The standard InChI is InChI=1S/C67H77N3/c1-62(2,3)51-32-45(47-34-53(64(7,8)9)40-54(35-47)65(10,11)12)30-49(38-51)60-68-59(44-28-26-43(27-29-44)58-25-21-23-42-22-19-20-24-57(42)58)69-61(70-60)50-31-46(33-52(39-50)63(4,5)6)48-36-55(66(13,14)15)41-56(37-48)67(16,17)18/h19-41H,1-18H3. The Labute approximate surface area is 421 Å². The summed E-state index contributed by atoms with van der Waals surface area (Å²) in [6.45, 7) is 41.5. The van der Waals surface area contributed by atoms with Crippen molar-refractivity contribution in [3.8, 4) is 67.5 Å². The minimum atomic E-state index is -0.140. The molecule has 360 valence electrons. The molecule has 0 radical (unpaired) electrons. The Hall–Kier alpha value is -6.19. The topological polar surface area (TPSA) is 38.7 Å². The van der Waals surface area contributed by atoms with E-state index < -0.39 is 0 Å². The average molecular weight is 924 g/mol. The third-order valence-corrected chi connectivity index (χ3v) is 14.0. The minimum Gasteiger partial charge on any atom is -0.208 e. The molecule has 8 rings (SSSR count). The van der Waals surface area contributed by atoms with Gasteiger partial charge in [-0.2, -0.15) is 0 Å². The zero-order valence-corrected chi connectivity index (χ0v) is 45.6. The Bertz CT molecular complexity index is 3010. The highest BCUT2D eigenvalue weighted by Crippen LogP contribution is 2.41. The summed E-state index contributed by atoms with van der Waals surface area (Å²) in [6.07, 6.45) is 0. The summed E-state index contributed by atoms with van der Waals surface area (Å²) in [7, 11) is 0. The third-order valence-electron chi connectivity index (χ3n) is 14.0. The van der Waals surface area contributed by atoms with Crippen LogP contribution in [0.5, 0.6) is 0 Å². The number of nitrogens with zero attached hydrogens (tertiary/aromatic N) is 3. The molecule has 3 nitrogen and oxygen atoms in total. The van der Waals surface area contributed by atoms with E-state index in [0.29, 0.717) is 17.5 Å². The lowest BCUT2D eigenvalue weighted by Gasteiger charge is -2.27. The molecule has 0 aliphatic carbocycles. The van der Waals surface area contributed by atoms with Crippen molar-refractivity contribution in [2.45, 2.75) is 157 Å². The Morgan fingerprint density at radius 1 is 0.243 bits per heavy atom. The number of benzene rings is 7. The summed E-state index contributed by atoms with van der Waals surface area (Å²) in [6, 6.07) is 52.2. The summed E-state index contributed by atoms with van der Waals surface area (Å²) in [5, 5.41) is 2.46. The summed E-state index contributed by atoms with van der Waals surface area (Å²) in [4.78, 5) is 16.4. The largest absolute Gasteiger partial charge is 0.208 e. The fourth-order valence-corrected chi connectivity index (χ4v) is 9.07. The summed E-state index contributed by atoms with van der Waals surface area (Å²) in [5.41, 5.74) is 17.4. The first-order valence-corrected chi connectivity index (χ1v) is 25.4. The van der Waals surface area contributed by atoms with Crippen LogP contribution in [-0.4, -0.2) is 15.0 Å². The van der Waals surface area contributed by atoms with Gasteiger partial charge >= 0.3 is 0 Å². The third kappa shape index (κ3) is 10.9. The molecule has 0 unspecified atom stereocenters. The normalized spacial score (nSPS) is 13.0. The van der Waals surface area contributed by atoms with E-state index in [-0.39, 0.29) is 32.5 Å². The first-order chi connectivity index (χ1) is 32.4. The molecule has 3 heteroatoms. The molecular weight excluding hydrogens is 847 g/mol. The van der Waals surface area contributed by atoms with Gasteiger partial charge in [0, 0.05) is 16.7 Å². The molecule has 0 spiro atoms. The Morgan fingerprint density at radius 2 is 0.529 bits per heavy atom. The molecule has 0 aliphatic heterocycles. The SMILES string of the molecule is CC(C)(C)c1cc(-c2cc(C(C)(C)C)cc(C(C)(C)C)c2)cc(-c2nc(-c3ccc(-c4cccc5ccccc45)cc3)nc(-c3cc(-c4cc(C(C)(C)C)cc(C(C)(C)C)c4)cc(C(C)(C)C)c3)n2)c1. The minimum absolute atomic E-state index is 0.0233. The highest BCUT2D eigenvalue weighted by Gasteiger charge is 2.26. The monoisotopic (exact) mass is 924 g/mol. The van der Waals surface area contributed by atoms with Crippen molar-refractivity contribution in [3.05, 3.63) is 173 Å². The van der Waals surface area contributed by atoms with E-state index in [1.165, 1.54) is 60.8 Å². The van der Waals surface area contributed by atoms with Crippen molar-refractivity contribution in [2.75, 3.05) is 0 Å². The maximum absolute atomic E-state index is 5.52. The van der Waals surface area contributed by atoms with Crippen molar-refractivity contribution in [2.24, 2.45) is 0 Å². The summed E-state index contributed by atoms with van der Waals surface area (Å²) < 4.78 is 0. The Kier molecular flexibility index (Phi) is 12.8. The fraction of sp³-hybridized carbons (Fsp3) is 0.358. The second kappa shape index (κ2) is 17.9. The van der Waals surface area contributed by atoms with Crippen molar-refractivity contribution in [1.29, 1.82) is 0 Å². The van der Waals surface area contributed by atoms with Crippen LogP contribution in [0.4, 0.5) is 0 Å². The van der Waals surface area contributed by atoms with E-state index in [4.69, 9.17) is 15.0 Å². The number of rotatable bonds is 6. The van der Waals surface area contributed by atoms with Crippen LogP contribution in [-0.2, 0) is 32.5 Å². The van der Waals surface area contributed by atoms with Crippen molar-refractivity contribution >= 4 is 10.8 Å². The van der Waals surface area contributed by atoms with Crippen LogP contribution < -0.4 is 0 Å². The number of hydrogen-bond acceptors (Lipinski definition) is 3. The lowest BCUT2D eigenvalue weighted by atomic mass is 9.78. The molecule has 0 atom stereocenters. The van der Waals surface area contributed by atoms with E-state index in [1.807, 2.05) is 0 Å². The molecule has 7 aromatic carbocycles. The van der Waals surface area contributed by atoms with Gasteiger partial charge in [0.25, 0.3) is 0 Å². The van der Waals surface area contributed by atoms with Gasteiger partial charge < -0.3 is 0 Å². The van der Waals surface area contributed by atoms with Gasteiger partial charge in [-0.05, 0) is 134 Å². The first-order valence-electron chi connectivity index (χ1n) is 25.4. The van der Waals surface area contributed by atoms with Crippen molar-refractivity contribution in [1.82, 2.24) is 15.0 Å². The molecule has 1 aromatic heterocycles. The lowest BCUT2D eigenvalue weighted by molar-refractivity contribution is 0.568. The van der Waals surface area contributed by atoms with Crippen LogP contribution in [0.3, 0.4) is 0 Å². The van der Waals surface area contributed by atoms with Gasteiger partial charge in [0.2, 0.25) is 0 Å². The molecule has 0 N–H and O–H groups in total. The zero-order valence-electron chi connectivity index (χ0n) is 45.6. The second-order valence-corrected chi connectivity index (χ2v) is 26.1. The van der Waals surface area contributed by atoms with E-state index >= 15 is 0 Å². The smallest absolute Gasteiger partial charge is 0.164 e. The van der Waals surface area contributed by atoms with Gasteiger partial charge in [-0.1, -0.05) is 240 Å². The van der Waals surface area contributed by atoms with Gasteiger partial charge in [-0.3, -0.25) is 0 Å². The van der Waals surface area contributed by atoms with Crippen LogP contribution in [0.15, 0.2) is 140 Å². The molecule has 0 saturated heterocycles. The first kappa shape index (κ1) is 50.2. The molecule has 0 aliphatic rings. The van der Waals surface area contributed by atoms with Crippen LogP contribution in [0, 0.1) is 0 Å². The van der Waals surface area contributed by atoms with Crippen LogP contribution >= 0.6 is 0 Å². The number of hydrogen-bond donors (Lipinski definition) is 0. The number of aromatic nitrogens is 3. The van der Waals surface area contributed by atoms with Crippen LogP contribution in [0.25, 0.3) is 78.3 Å². The highest BCUT2D eigenvalue weighted by molar-refractivity contribution is 5.96. The zero-order chi connectivity index (χ0) is 50.9. The maximum Gasteiger partial charge on any atom is 0.164 e. The van der Waals surface area contributed by atoms with E-state index in [2.05, 4.69) is 264 Å². The van der Waals surface area contributed by atoms with Gasteiger partial charge in [-0.25, -0.2) is 15.0 Å². The Balaban J connectivity index is 1.39. The molecule has 1 heterocycles. The quantitative estimate of drug-likeness (QED) is 0.167. The van der Waals surface area contributed by atoms with Crippen LogP contribution in [0.2, 0.25) is 0 Å². The molecule has 8 aromatic rings. The van der Waals surface area contributed by atoms with Gasteiger partial charge in [-0.15, -0.1) is 0 Å². The molecule has 0 amide bonds. The molecule has 0 bridgehead atoms. The van der Waals surface area contributed by atoms with Crippen molar-refractivity contribution < 1.29 is 0 Å². The molecule has 0 saturated carbocycles. The highest BCUT2D eigenvalue weighted by atomic mass is 15.0. The van der Waals surface area contributed by atoms with E-state index in [1.54, 1.807) is 0 Å². The predicted molar refractivity (Wildman–Crippen MR) is 302 cm³/mol. The van der Waals surface area contributed by atoms with Crippen LogP contribution in [0.1, 0.15) is 158 Å². The number of fused-ring (bicyclic) bond motifs is 1. The molecule has 70 heavy (non-hydrogen) atoms. The average Bonchev–Trinajstić information content (AvgIpc) is 3.29.